The summed E-state index contributed by atoms with van der Waals surface area (Å²) in [5.74, 6) is 0.189. The van der Waals surface area contributed by atoms with Crippen LogP contribution in [0.3, 0.4) is 0 Å². The van der Waals surface area contributed by atoms with Gasteiger partial charge < -0.3 is 10.3 Å². The number of hydrogen-bond acceptors (Lipinski definition) is 2. The quantitative estimate of drug-likeness (QED) is 0.927. The number of nitriles is 1. The van der Waals surface area contributed by atoms with Crippen LogP contribution >= 0.6 is 0 Å². The number of anilines is 1. The summed E-state index contributed by atoms with van der Waals surface area (Å²) in [6.45, 7) is 4.75. The summed E-state index contributed by atoms with van der Waals surface area (Å²) in [5, 5.41) is 9.23. The van der Waals surface area contributed by atoms with E-state index in [0.29, 0.717) is 23.8 Å². The largest absolute Gasteiger partial charge is 0.397 e. The average Bonchev–Trinajstić information content (AvgIpc) is 2.69. The van der Waals surface area contributed by atoms with Crippen molar-refractivity contribution in [2.45, 2.75) is 26.8 Å². The van der Waals surface area contributed by atoms with Crippen LogP contribution in [0.1, 0.15) is 30.8 Å². The number of nitrogens with zero attached hydrogens (tertiary/aromatic N) is 2. The van der Waals surface area contributed by atoms with Gasteiger partial charge in [-0.1, -0.05) is 26.0 Å². The molecule has 0 unspecified atom stereocenters. The Morgan fingerprint density at radius 3 is 2.50 bits per heavy atom. The Hall–Kier alpha value is -2.28. The van der Waals surface area contributed by atoms with Gasteiger partial charge in [-0.15, -0.1) is 0 Å². The van der Waals surface area contributed by atoms with Crippen molar-refractivity contribution < 1.29 is 4.39 Å². The van der Waals surface area contributed by atoms with Crippen molar-refractivity contribution in [2.75, 3.05) is 5.73 Å². The van der Waals surface area contributed by atoms with Crippen LogP contribution < -0.4 is 5.73 Å². The summed E-state index contributed by atoms with van der Waals surface area (Å²) in [4.78, 5) is 0. The van der Waals surface area contributed by atoms with Gasteiger partial charge in [-0.3, -0.25) is 0 Å². The van der Waals surface area contributed by atoms with Crippen LogP contribution in [0.25, 0.3) is 0 Å². The van der Waals surface area contributed by atoms with Gasteiger partial charge in [-0.2, -0.15) is 5.26 Å². The maximum absolute atomic E-state index is 12.9. The number of halogens is 1. The summed E-state index contributed by atoms with van der Waals surface area (Å²) >= 11 is 0. The van der Waals surface area contributed by atoms with Crippen LogP contribution in [0.5, 0.6) is 0 Å². The average molecular weight is 271 g/mol. The van der Waals surface area contributed by atoms with E-state index in [0.717, 1.165) is 17.7 Å². The lowest BCUT2D eigenvalue weighted by Crippen LogP contribution is -2.10. The van der Waals surface area contributed by atoms with E-state index in [9.17, 15) is 9.65 Å². The Bertz CT molecular complexity index is 633. The van der Waals surface area contributed by atoms with Crippen molar-refractivity contribution in [3.63, 3.8) is 0 Å². The van der Waals surface area contributed by atoms with Gasteiger partial charge in [-0.05, 0) is 36.1 Å². The zero-order chi connectivity index (χ0) is 14.7. The number of hydrogen-bond donors (Lipinski definition) is 1. The van der Waals surface area contributed by atoms with Crippen molar-refractivity contribution in [2.24, 2.45) is 5.92 Å². The predicted molar refractivity (Wildman–Crippen MR) is 77.6 cm³/mol. The third-order valence-electron chi connectivity index (χ3n) is 3.21. The molecule has 20 heavy (non-hydrogen) atoms. The number of nitrogen functional groups attached to an aromatic ring is 1. The standard InChI is InChI=1S/C16H18FN3/c1-11(2)7-16-15(19)8-14(9-18)20(16)10-12-3-5-13(17)6-4-12/h3-6,8,11H,7,10,19H2,1-2H3. The molecule has 3 nitrogen and oxygen atoms in total. The Balaban J connectivity index is 2.38. The molecule has 2 rings (SSSR count). The van der Waals surface area contributed by atoms with Crippen LogP contribution in [0.2, 0.25) is 0 Å². The Morgan fingerprint density at radius 2 is 1.95 bits per heavy atom. The van der Waals surface area contributed by atoms with Crippen LogP contribution in [0.15, 0.2) is 30.3 Å². The summed E-state index contributed by atoms with van der Waals surface area (Å²) in [6.07, 6.45) is 0.814. The number of nitrogens with two attached hydrogens (primary N) is 1. The van der Waals surface area contributed by atoms with E-state index in [1.807, 2.05) is 4.57 Å². The molecule has 104 valence electrons. The molecule has 4 heteroatoms. The number of benzene rings is 1. The fraction of sp³-hybridized carbons (Fsp3) is 0.312. The van der Waals surface area contributed by atoms with E-state index in [2.05, 4.69) is 19.9 Å². The van der Waals surface area contributed by atoms with Crippen molar-refractivity contribution >= 4 is 5.69 Å². The van der Waals surface area contributed by atoms with Gasteiger partial charge >= 0.3 is 0 Å². The highest BCUT2D eigenvalue weighted by Gasteiger charge is 2.14. The second-order valence-electron chi connectivity index (χ2n) is 5.35. The van der Waals surface area contributed by atoms with Gasteiger partial charge in [-0.25, -0.2) is 4.39 Å². The molecule has 0 aliphatic carbocycles. The molecule has 0 aliphatic heterocycles. The zero-order valence-electron chi connectivity index (χ0n) is 11.7. The van der Waals surface area contributed by atoms with Crippen molar-refractivity contribution in [1.82, 2.24) is 4.57 Å². The molecular weight excluding hydrogens is 253 g/mol. The minimum Gasteiger partial charge on any atom is -0.397 e. The lowest BCUT2D eigenvalue weighted by molar-refractivity contribution is 0.602. The van der Waals surface area contributed by atoms with E-state index in [1.165, 1.54) is 12.1 Å². The van der Waals surface area contributed by atoms with Crippen molar-refractivity contribution in [3.05, 3.63) is 53.1 Å². The van der Waals surface area contributed by atoms with E-state index < -0.39 is 0 Å². The predicted octanol–water partition coefficient (Wildman–Crippen LogP) is 3.33. The Morgan fingerprint density at radius 1 is 1.30 bits per heavy atom. The topological polar surface area (TPSA) is 54.7 Å². The zero-order valence-corrected chi connectivity index (χ0v) is 11.7. The van der Waals surface area contributed by atoms with E-state index in [1.54, 1.807) is 18.2 Å². The summed E-state index contributed by atoms with van der Waals surface area (Å²) in [5.41, 5.74) is 9.13. The molecule has 0 amide bonds. The molecule has 0 saturated heterocycles. The molecule has 2 aromatic rings. The van der Waals surface area contributed by atoms with Gasteiger partial charge in [0, 0.05) is 12.2 Å². The normalized spacial score (nSPS) is 10.8. The highest BCUT2D eigenvalue weighted by molar-refractivity contribution is 5.51. The first-order valence-electron chi connectivity index (χ1n) is 6.63. The first-order chi connectivity index (χ1) is 9.51. The molecule has 0 atom stereocenters. The fourth-order valence-electron chi connectivity index (χ4n) is 2.27. The molecule has 1 heterocycles. The van der Waals surface area contributed by atoms with E-state index >= 15 is 0 Å². The Kier molecular flexibility index (Phi) is 4.09. The van der Waals surface area contributed by atoms with E-state index in [-0.39, 0.29) is 5.82 Å². The van der Waals surface area contributed by atoms with Crippen LogP contribution in [0.4, 0.5) is 10.1 Å². The second-order valence-corrected chi connectivity index (χ2v) is 5.35. The van der Waals surface area contributed by atoms with Gasteiger partial charge in [0.1, 0.15) is 17.6 Å². The second kappa shape index (κ2) is 5.79. The minimum absolute atomic E-state index is 0.260. The third-order valence-corrected chi connectivity index (χ3v) is 3.21. The Labute approximate surface area is 118 Å². The van der Waals surface area contributed by atoms with Gasteiger partial charge in [0.25, 0.3) is 0 Å². The highest BCUT2D eigenvalue weighted by Crippen LogP contribution is 2.23. The first kappa shape index (κ1) is 14.1. The fourth-order valence-corrected chi connectivity index (χ4v) is 2.27. The van der Waals surface area contributed by atoms with E-state index in [4.69, 9.17) is 5.73 Å². The van der Waals surface area contributed by atoms with Gasteiger partial charge in [0.05, 0.1) is 5.69 Å². The smallest absolute Gasteiger partial charge is 0.123 e. The van der Waals surface area contributed by atoms with Crippen molar-refractivity contribution in [3.8, 4) is 6.07 Å². The molecule has 2 N–H and O–H groups in total. The number of aromatic nitrogens is 1. The van der Waals surface area contributed by atoms with Crippen molar-refractivity contribution in [1.29, 1.82) is 5.26 Å². The lowest BCUT2D eigenvalue weighted by atomic mass is 10.1. The molecule has 1 aromatic carbocycles. The number of rotatable bonds is 4. The summed E-state index contributed by atoms with van der Waals surface area (Å²) in [7, 11) is 0. The van der Waals surface area contributed by atoms with Gasteiger partial charge in [0.15, 0.2) is 0 Å². The van der Waals surface area contributed by atoms with Crippen LogP contribution in [-0.4, -0.2) is 4.57 Å². The first-order valence-corrected chi connectivity index (χ1v) is 6.63. The molecule has 0 bridgehead atoms. The molecule has 0 fully saturated rings. The van der Waals surface area contributed by atoms with Crippen LogP contribution in [-0.2, 0) is 13.0 Å². The molecule has 0 spiro atoms. The molecule has 0 radical (unpaired) electrons. The SMILES string of the molecule is CC(C)Cc1c(N)cc(C#N)n1Cc1ccc(F)cc1. The summed E-state index contributed by atoms with van der Waals surface area (Å²) < 4.78 is 14.9. The monoisotopic (exact) mass is 271 g/mol. The molecule has 0 saturated carbocycles. The molecular formula is C16H18FN3. The highest BCUT2D eigenvalue weighted by atomic mass is 19.1. The molecule has 0 aliphatic rings. The molecule has 1 aromatic heterocycles. The maximum Gasteiger partial charge on any atom is 0.123 e. The minimum atomic E-state index is -0.260. The van der Waals surface area contributed by atoms with Gasteiger partial charge in [0.2, 0.25) is 0 Å². The summed E-state index contributed by atoms with van der Waals surface area (Å²) in [6, 6.07) is 10.2. The van der Waals surface area contributed by atoms with Crippen LogP contribution in [0, 0.1) is 23.1 Å². The lowest BCUT2D eigenvalue weighted by Gasteiger charge is -2.13. The maximum atomic E-state index is 12.9. The third kappa shape index (κ3) is 3.00.